The second kappa shape index (κ2) is 23.3. The molecule has 28 heteroatoms. The van der Waals surface area contributed by atoms with Crippen LogP contribution in [-0.2, 0) is 52.2 Å². The van der Waals surface area contributed by atoms with Gasteiger partial charge in [-0.25, -0.2) is 0 Å². The van der Waals surface area contributed by atoms with E-state index in [0.717, 1.165) is 0 Å². The maximum absolute atomic E-state index is 14.9. The number of aliphatic hydroxyl groups excluding tert-OH is 17. The Bertz CT molecular complexity index is 2070. The molecule has 0 aromatic rings. The summed E-state index contributed by atoms with van der Waals surface area (Å²) in [6.45, 7) is 4.32. The molecule has 5 aliphatic heterocycles. The third kappa shape index (κ3) is 10.3. The van der Waals surface area contributed by atoms with E-state index in [-0.39, 0.29) is 11.8 Å². The van der Waals surface area contributed by atoms with E-state index in [1.807, 2.05) is 0 Å². The molecule has 0 radical (unpaired) electrons. The molecule has 17 N–H and O–H groups in total. The van der Waals surface area contributed by atoms with Crippen molar-refractivity contribution in [3.05, 3.63) is 12.2 Å². The molecular formula is C50H80O28. The number of carbonyl (C=O) groups is 1. The van der Waals surface area contributed by atoms with Crippen molar-refractivity contribution in [2.75, 3.05) is 33.0 Å². The van der Waals surface area contributed by atoms with E-state index in [4.69, 9.17) is 47.4 Å². The van der Waals surface area contributed by atoms with Crippen molar-refractivity contribution in [3.8, 4) is 0 Å². The van der Waals surface area contributed by atoms with E-state index in [1.165, 1.54) is 0 Å². The number of ether oxygens (including phenoxy) is 10. The van der Waals surface area contributed by atoms with Gasteiger partial charge in [-0.1, -0.05) is 19.9 Å². The van der Waals surface area contributed by atoms with Crippen molar-refractivity contribution < 1.29 is 139 Å². The molecule has 0 aromatic carbocycles. The van der Waals surface area contributed by atoms with Crippen LogP contribution in [-0.4, -0.2) is 285 Å². The predicted octanol–water partition coefficient (Wildman–Crippen LogP) is -7.29. The monoisotopic (exact) mass is 1130 g/mol. The number of carbonyl (C=O) groups excluding carboxylic acids is 1. The van der Waals surface area contributed by atoms with E-state index in [9.17, 15) is 91.6 Å². The fourth-order valence-electron chi connectivity index (χ4n) is 15.0. The van der Waals surface area contributed by atoms with Crippen LogP contribution >= 0.6 is 0 Å². The third-order valence-corrected chi connectivity index (χ3v) is 19.2. The van der Waals surface area contributed by atoms with Gasteiger partial charge in [0.1, 0.15) is 116 Å². The maximum Gasteiger partial charge on any atom is 0.314 e. The standard InChI is InChI=1S/C50H80O28/c1-18-11-49-9-5-24-47(2,7-4-8-48(24,3)46(68)77-44-39(34(64)29(59)22(15-54)72-44)75-42-36(66)32(62)27(57)20(13-52)70-42)25(49)6-10-50(18,17-49)78-45-40(76-43-37(67)33(63)28(58)21(14-53)71-43)38(30(60)23(16-55)73-45)74-41-35(65)31(61)26(56)19(12-51)69-41/h19-45,51-67H,1,4-17H2,2-3H3/t19?,20?,21?,22?,23?,24-,25-,26?,27?,28?,29?,30?,31?,32?,33?,34?,35?,36?,37?,38?,39?,40?,41?,42?,43?,44?,45?,47+,48+,49+,50?/m0/s1. The summed E-state index contributed by atoms with van der Waals surface area (Å²) >= 11 is 0. The van der Waals surface area contributed by atoms with Crippen molar-refractivity contribution in [1.82, 2.24) is 0 Å². The largest absolute Gasteiger partial charge is 0.432 e. The minimum absolute atomic E-state index is 0.0705. The number of rotatable bonds is 15. The first-order valence-corrected chi connectivity index (χ1v) is 26.9. The van der Waals surface area contributed by atoms with Crippen LogP contribution in [0.3, 0.4) is 0 Å². The summed E-state index contributed by atoms with van der Waals surface area (Å²) in [6.07, 6.45) is -39.9. The molecule has 2 bridgehead atoms. The van der Waals surface area contributed by atoms with Crippen molar-refractivity contribution in [2.24, 2.45) is 28.1 Å². The van der Waals surface area contributed by atoms with Gasteiger partial charge in [-0.15, -0.1) is 0 Å². The second-order valence-corrected chi connectivity index (χ2v) is 23.6. The van der Waals surface area contributed by atoms with Crippen LogP contribution in [0.25, 0.3) is 0 Å². The van der Waals surface area contributed by atoms with E-state index in [2.05, 4.69) is 13.5 Å². The van der Waals surface area contributed by atoms with Crippen LogP contribution in [0.5, 0.6) is 0 Å². The minimum Gasteiger partial charge on any atom is -0.432 e. The van der Waals surface area contributed by atoms with Gasteiger partial charge in [0.25, 0.3) is 0 Å². The lowest BCUT2D eigenvalue weighted by Crippen LogP contribution is -2.68. The fourth-order valence-corrected chi connectivity index (χ4v) is 15.0. The second-order valence-electron chi connectivity index (χ2n) is 23.6. The first-order chi connectivity index (χ1) is 36.9. The zero-order valence-electron chi connectivity index (χ0n) is 43.3. The molecule has 0 amide bonds. The van der Waals surface area contributed by atoms with Crippen molar-refractivity contribution >= 4 is 5.97 Å². The van der Waals surface area contributed by atoms with Crippen molar-refractivity contribution in [1.29, 1.82) is 0 Å². The first-order valence-electron chi connectivity index (χ1n) is 26.9. The van der Waals surface area contributed by atoms with Crippen LogP contribution in [0.2, 0.25) is 0 Å². The summed E-state index contributed by atoms with van der Waals surface area (Å²) in [5.41, 5.74) is -2.81. The van der Waals surface area contributed by atoms with Gasteiger partial charge in [-0.3, -0.25) is 4.79 Å². The van der Waals surface area contributed by atoms with Gasteiger partial charge in [-0.2, -0.15) is 0 Å². The summed E-state index contributed by atoms with van der Waals surface area (Å²) in [6, 6.07) is 0. The molecular weight excluding hydrogens is 1050 g/mol. The van der Waals surface area contributed by atoms with Gasteiger partial charge in [0, 0.05) is 0 Å². The number of aliphatic hydroxyl groups is 17. The van der Waals surface area contributed by atoms with E-state index in [1.54, 1.807) is 6.92 Å². The average molecular weight is 1130 g/mol. The Balaban J connectivity index is 0.968. The van der Waals surface area contributed by atoms with Gasteiger partial charge in [0.05, 0.1) is 44.1 Å². The molecule has 5 heterocycles. The van der Waals surface area contributed by atoms with Crippen LogP contribution in [0.4, 0.5) is 0 Å². The smallest absolute Gasteiger partial charge is 0.314 e. The van der Waals surface area contributed by atoms with Gasteiger partial charge in [0.15, 0.2) is 31.3 Å². The highest BCUT2D eigenvalue weighted by Crippen LogP contribution is 2.74. The lowest BCUT2D eigenvalue weighted by Gasteiger charge is -2.64. The summed E-state index contributed by atoms with van der Waals surface area (Å²) in [4.78, 5) is 14.9. The highest BCUT2D eigenvalue weighted by molar-refractivity contribution is 5.77. The predicted molar refractivity (Wildman–Crippen MR) is 252 cm³/mol. The van der Waals surface area contributed by atoms with Crippen LogP contribution in [0.15, 0.2) is 12.2 Å². The SMILES string of the molecule is C=C1C[C@@]23CC[C@H]4[C@@](C)(CCC[C@@]4(C)C(=O)OC4OC(CO)C(O)C(O)C4OC4OC(CO)C(O)C(O)C4O)[C@@H]2CCC1(OC1OC(CO)C(O)C(OC2OC(CO)C(O)C(O)C2O)C1OC1OC(CO)C(O)C(O)C1O)C3. The van der Waals surface area contributed by atoms with E-state index in [0.29, 0.717) is 63.4 Å². The molecule has 4 saturated carbocycles. The molecule has 78 heavy (non-hydrogen) atoms. The van der Waals surface area contributed by atoms with Crippen LogP contribution in [0, 0.1) is 28.1 Å². The topological polar surface area (TPSA) is 453 Å². The zero-order valence-corrected chi connectivity index (χ0v) is 43.3. The Kier molecular flexibility index (Phi) is 18.2. The summed E-state index contributed by atoms with van der Waals surface area (Å²) < 4.78 is 60.3. The minimum atomic E-state index is -1.99. The lowest BCUT2D eigenvalue weighted by atomic mass is 9.41. The Hall–Kier alpha value is -1.83. The van der Waals surface area contributed by atoms with Crippen LogP contribution in [0.1, 0.15) is 71.6 Å². The van der Waals surface area contributed by atoms with E-state index >= 15 is 0 Å². The molecule has 28 nitrogen and oxygen atoms in total. The average Bonchev–Trinajstić information content (AvgIpc) is 3.69. The molecule has 9 rings (SSSR count). The van der Waals surface area contributed by atoms with Gasteiger partial charge >= 0.3 is 5.97 Å². The molecule has 0 aromatic heterocycles. The normalized spacial score (nSPS) is 54.5. The molecule has 31 atom stereocenters. The molecule has 26 unspecified atom stereocenters. The first kappa shape index (κ1) is 60.8. The van der Waals surface area contributed by atoms with Crippen molar-refractivity contribution in [3.63, 3.8) is 0 Å². The molecule has 4 aliphatic carbocycles. The maximum atomic E-state index is 14.9. The summed E-state index contributed by atoms with van der Waals surface area (Å²) in [5.74, 6) is -1.14. The Morgan fingerprint density at radius 1 is 0.487 bits per heavy atom. The number of fused-ring (bicyclic) bond motifs is 3. The third-order valence-electron chi connectivity index (χ3n) is 19.2. The Morgan fingerprint density at radius 3 is 1.41 bits per heavy atom. The van der Waals surface area contributed by atoms with Crippen LogP contribution < -0.4 is 0 Å². The van der Waals surface area contributed by atoms with Gasteiger partial charge in [-0.05, 0) is 86.5 Å². The highest BCUT2D eigenvalue weighted by atomic mass is 16.8. The number of esters is 1. The molecule has 9 fully saturated rings. The Labute approximate surface area is 448 Å². The number of hydrogen-bond acceptors (Lipinski definition) is 28. The van der Waals surface area contributed by atoms with E-state index < -0.39 is 214 Å². The lowest BCUT2D eigenvalue weighted by molar-refractivity contribution is -0.400. The summed E-state index contributed by atoms with van der Waals surface area (Å²) in [7, 11) is 0. The molecule has 448 valence electrons. The fraction of sp³-hybridized carbons (Fsp3) is 0.940. The zero-order chi connectivity index (χ0) is 56.7. The highest BCUT2D eigenvalue weighted by Gasteiger charge is 2.70. The quantitative estimate of drug-likeness (QED) is 0.0411. The molecule has 5 saturated heterocycles. The summed E-state index contributed by atoms with van der Waals surface area (Å²) in [5, 5.41) is 181. The molecule has 9 aliphatic rings. The molecule has 1 spiro atoms. The Morgan fingerprint density at radius 2 is 0.910 bits per heavy atom. The van der Waals surface area contributed by atoms with Gasteiger partial charge < -0.3 is 134 Å². The van der Waals surface area contributed by atoms with Gasteiger partial charge in [0.2, 0.25) is 6.29 Å². The van der Waals surface area contributed by atoms with Crippen molar-refractivity contribution in [2.45, 2.75) is 231 Å². The number of hydrogen-bond donors (Lipinski definition) is 17.